The molecule has 0 unspecified atom stereocenters. The normalized spacial score (nSPS) is 10.2. The average molecular weight is 268 g/mol. The van der Waals surface area contributed by atoms with Crippen molar-refractivity contribution in [3.05, 3.63) is 18.2 Å². The molecule has 0 fully saturated rings. The highest BCUT2D eigenvalue weighted by atomic mass is 16.5. The van der Waals surface area contributed by atoms with Crippen LogP contribution in [0.4, 0.5) is 11.4 Å². The Labute approximate surface area is 112 Å². The van der Waals surface area contributed by atoms with E-state index in [0.29, 0.717) is 30.3 Å². The molecular weight excluding hydrogens is 248 g/mol. The molecule has 0 saturated carbocycles. The van der Waals surface area contributed by atoms with Crippen molar-refractivity contribution in [2.75, 3.05) is 45.1 Å². The van der Waals surface area contributed by atoms with Gasteiger partial charge in [0.2, 0.25) is 5.91 Å². The number of carbonyl (C=O) groups is 1. The molecular formula is C13H20N2O4. The number of nitrogen functional groups attached to an aromatic ring is 1. The number of methoxy groups -OCH3 is 2. The van der Waals surface area contributed by atoms with E-state index in [4.69, 9.17) is 19.9 Å². The van der Waals surface area contributed by atoms with Gasteiger partial charge in [-0.1, -0.05) is 0 Å². The summed E-state index contributed by atoms with van der Waals surface area (Å²) in [6, 6.07) is 5.04. The Kier molecular flexibility index (Phi) is 6.70. The predicted molar refractivity (Wildman–Crippen MR) is 73.3 cm³/mol. The van der Waals surface area contributed by atoms with Crippen molar-refractivity contribution in [1.29, 1.82) is 0 Å². The van der Waals surface area contributed by atoms with Crippen molar-refractivity contribution in [3.8, 4) is 5.75 Å². The Balaban J connectivity index is 2.41. The number of nitrogens with two attached hydrogens (primary N) is 1. The highest BCUT2D eigenvalue weighted by Crippen LogP contribution is 2.26. The summed E-state index contributed by atoms with van der Waals surface area (Å²) >= 11 is 0. The molecule has 0 aromatic heterocycles. The van der Waals surface area contributed by atoms with E-state index in [0.717, 1.165) is 6.42 Å². The summed E-state index contributed by atoms with van der Waals surface area (Å²) < 4.78 is 15.2. The molecule has 3 N–H and O–H groups in total. The molecule has 0 bridgehead atoms. The maximum Gasteiger partial charge on any atom is 0.250 e. The van der Waals surface area contributed by atoms with Crippen LogP contribution < -0.4 is 15.8 Å². The summed E-state index contributed by atoms with van der Waals surface area (Å²) in [6.45, 7) is 1.08. The highest BCUT2D eigenvalue weighted by Gasteiger charge is 2.08. The average Bonchev–Trinajstić information content (AvgIpc) is 2.39. The molecule has 0 radical (unpaired) electrons. The van der Waals surface area contributed by atoms with Crippen molar-refractivity contribution in [2.24, 2.45) is 0 Å². The molecule has 1 rings (SSSR count). The lowest BCUT2D eigenvalue weighted by Gasteiger charge is -2.11. The van der Waals surface area contributed by atoms with Gasteiger partial charge in [-0.05, 0) is 24.6 Å². The summed E-state index contributed by atoms with van der Waals surface area (Å²) in [4.78, 5) is 11.7. The van der Waals surface area contributed by atoms with Crippen molar-refractivity contribution in [3.63, 3.8) is 0 Å². The zero-order chi connectivity index (χ0) is 14.1. The molecule has 0 atom stereocenters. The molecule has 6 heteroatoms. The molecule has 0 heterocycles. The second-order valence-corrected chi connectivity index (χ2v) is 3.91. The third-order valence-corrected chi connectivity index (χ3v) is 2.37. The number of benzene rings is 1. The van der Waals surface area contributed by atoms with E-state index in [1.54, 1.807) is 25.3 Å². The minimum absolute atomic E-state index is 0.0122. The number of nitrogens with one attached hydrogen (secondary N) is 1. The molecule has 0 aliphatic carbocycles. The largest absolute Gasteiger partial charge is 0.495 e. The summed E-state index contributed by atoms with van der Waals surface area (Å²) in [5.41, 5.74) is 6.75. The van der Waals surface area contributed by atoms with Crippen LogP contribution in [0, 0.1) is 0 Å². The van der Waals surface area contributed by atoms with E-state index in [1.165, 1.54) is 7.11 Å². The maximum absolute atomic E-state index is 11.7. The van der Waals surface area contributed by atoms with Gasteiger partial charge in [0.05, 0.1) is 12.8 Å². The van der Waals surface area contributed by atoms with E-state index >= 15 is 0 Å². The topological polar surface area (TPSA) is 82.8 Å². The van der Waals surface area contributed by atoms with Crippen LogP contribution in [0.15, 0.2) is 18.2 Å². The van der Waals surface area contributed by atoms with Gasteiger partial charge in [0.15, 0.2) is 0 Å². The van der Waals surface area contributed by atoms with Gasteiger partial charge in [-0.2, -0.15) is 0 Å². The van der Waals surface area contributed by atoms with E-state index in [9.17, 15) is 4.79 Å². The Morgan fingerprint density at radius 3 is 2.79 bits per heavy atom. The lowest BCUT2D eigenvalue weighted by Crippen LogP contribution is -2.19. The number of hydrogen-bond acceptors (Lipinski definition) is 5. The van der Waals surface area contributed by atoms with Crippen LogP contribution in [0.2, 0.25) is 0 Å². The lowest BCUT2D eigenvalue weighted by atomic mass is 10.2. The van der Waals surface area contributed by atoms with Crippen LogP contribution in [-0.2, 0) is 14.3 Å². The number of ether oxygens (including phenoxy) is 3. The predicted octanol–water partition coefficient (Wildman–Crippen LogP) is 1.27. The van der Waals surface area contributed by atoms with Crippen LogP contribution in [0.5, 0.6) is 5.75 Å². The van der Waals surface area contributed by atoms with Crippen LogP contribution in [0.25, 0.3) is 0 Å². The number of anilines is 2. The quantitative estimate of drug-likeness (QED) is 0.548. The molecule has 0 saturated heterocycles. The van der Waals surface area contributed by atoms with Crippen LogP contribution >= 0.6 is 0 Å². The third kappa shape index (κ3) is 5.58. The van der Waals surface area contributed by atoms with Crippen molar-refractivity contribution in [1.82, 2.24) is 0 Å². The first-order valence-corrected chi connectivity index (χ1v) is 5.97. The molecule has 6 nitrogen and oxygen atoms in total. The number of carbonyl (C=O) groups excluding carboxylic acids is 1. The Bertz CT molecular complexity index is 410. The van der Waals surface area contributed by atoms with Gasteiger partial charge in [-0.3, -0.25) is 4.79 Å². The fraction of sp³-hybridized carbons (Fsp3) is 0.462. The van der Waals surface area contributed by atoms with Gasteiger partial charge in [0, 0.05) is 26.0 Å². The Hall–Kier alpha value is -1.79. The maximum atomic E-state index is 11.7. The van der Waals surface area contributed by atoms with Crippen molar-refractivity contribution in [2.45, 2.75) is 6.42 Å². The fourth-order valence-electron chi connectivity index (χ4n) is 1.48. The first-order valence-electron chi connectivity index (χ1n) is 5.97. The standard InChI is InChI=1S/C13H20N2O4/c1-17-6-3-7-19-9-13(16)15-11-8-10(14)4-5-12(11)18-2/h4-5,8H,3,6-7,9,14H2,1-2H3,(H,15,16). The number of rotatable bonds is 8. The molecule has 1 aromatic carbocycles. The molecule has 19 heavy (non-hydrogen) atoms. The highest BCUT2D eigenvalue weighted by molar-refractivity contribution is 5.93. The van der Waals surface area contributed by atoms with E-state index < -0.39 is 0 Å². The molecule has 0 aliphatic rings. The van der Waals surface area contributed by atoms with Crippen LogP contribution in [-0.4, -0.2) is 39.9 Å². The second kappa shape index (κ2) is 8.34. The molecule has 1 amide bonds. The van der Waals surface area contributed by atoms with E-state index in [-0.39, 0.29) is 12.5 Å². The Morgan fingerprint density at radius 2 is 2.11 bits per heavy atom. The SMILES string of the molecule is COCCCOCC(=O)Nc1cc(N)ccc1OC. The van der Waals surface area contributed by atoms with Crippen molar-refractivity contribution >= 4 is 17.3 Å². The summed E-state index contributed by atoms with van der Waals surface area (Å²) in [7, 11) is 3.15. The monoisotopic (exact) mass is 268 g/mol. The van der Waals surface area contributed by atoms with Gasteiger partial charge in [0.25, 0.3) is 0 Å². The molecule has 106 valence electrons. The minimum Gasteiger partial charge on any atom is -0.495 e. The fourth-order valence-corrected chi connectivity index (χ4v) is 1.48. The first kappa shape index (κ1) is 15.3. The van der Waals surface area contributed by atoms with Gasteiger partial charge >= 0.3 is 0 Å². The lowest BCUT2D eigenvalue weighted by molar-refractivity contribution is -0.120. The van der Waals surface area contributed by atoms with Crippen LogP contribution in [0.3, 0.4) is 0 Å². The van der Waals surface area contributed by atoms with Crippen molar-refractivity contribution < 1.29 is 19.0 Å². The van der Waals surface area contributed by atoms with Gasteiger partial charge in [-0.25, -0.2) is 0 Å². The van der Waals surface area contributed by atoms with E-state index in [1.807, 2.05) is 0 Å². The number of hydrogen-bond donors (Lipinski definition) is 2. The van der Waals surface area contributed by atoms with Gasteiger partial charge in [0.1, 0.15) is 12.4 Å². The summed E-state index contributed by atoms with van der Waals surface area (Å²) in [5.74, 6) is 0.309. The summed E-state index contributed by atoms with van der Waals surface area (Å²) in [5, 5.41) is 2.69. The van der Waals surface area contributed by atoms with Gasteiger partial charge in [-0.15, -0.1) is 0 Å². The zero-order valence-electron chi connectivity index (χ0n) is 11.3. The number of amides is 1. The van der Waals surface area contributed by atoms with Gasteiger partial charge < -0.3 is 25.3 Å². The van der Waals surface area contributed by atoms with Crippen LogP contribution in [0.1, 0.15) is 6.42 Å². The molecule has 0 spiro atoms. The zero-order valence-corrected chi connectivity index (χ0v) is 11.3. The second-order valence-electron chi connectivity index (χ2n) is 3.91. The minimum atomic E-state index is -0.249. The smallest absolute Gasteiger partial charge is 0.250 e. The molecule has 1 aromatic rings. The van der Waals surface area contributed by atoms with E-state index in [2.05, 4.69) is 5.32 Å². The molecule has 0 aliphatic heterocycles. The third-order valence-electron chi connectivity index (χ3n) is 2.37. The Morgan fingerprint density at radius 1 is 1.32 bits per heavy atom. The summed E-state index contributed by atoms with van der Waals surface area (Å²) in [6.07, 6.45) is 0.755. The first-order chi connectivity index (χ1) is 9.17.